The number of aromatic nitrogens is 1. The van der Waals surface area contributed by atoms with Crippen molar-refractivity contribution in [3.8, 4) is 5.75 Å². The molecule has 0 saturated carbocycles. The van der Waals surface area contributed by atoms with Gasteiger partial charge < -0.3 is 10.1 Å². The molecule has 1 heterocycles. The largest absolute Gasteiger partial charge is 0.497 e. The molecule has 0 amide bonds. The predicted octanol–water partition coefficient (Wildman–Crippen LogP) is 4.12. The molecule has 2 aromatic rings. The van der Waals surface area contributed by atoms with Crippen LogP contribution < -0.4 is 10.1 Å². The smallest absolute Gasteiger partial charge is 0.119 e. The molecule has 0 bridgehead atoms. The highest BCUT2D eigenvalue weighted by atomic mass is 79.9. The van der Waals surface area contributed by atoms with Crippen LogP contribution in [0.3, 0.4) is 0 Å². The van der Waals surface area contributed by atoms with Crippen LogP contribution in [0.15, 0.2) is 45.6 Å². The molecule has 3 nitrogen and oxygen atoms in total. The van der Waals surface area contributed by atoms with Gasteiger partial charge in [-0.1, -0.05) is 15.9 Å². The summed E-state index contributed by atoms with van der Waals surface area (Å²) in [5.74, 6) is 0.857. The highest BCUT2D eigenvalue weighted by molar-refractivity contribution is 9.10. The number of halogens is 2. The van der Waals surface area contributed by atoms with Gasteiger partial charge in [0.2, 0.25) is 0 Å². The van der Waals surface area contributed by atoms with Gasteiger partial charge in [-0.2, -0.15) is 0 Å². The first-order valence-corrected chi connectivity index (χ1v) is 7.82. The first-order chi connectivity index (χ1) is 9.63. The molecule has 106 valence electrons. The maximum Gasteiger partial charge on any atom is 0.119 e. The molecular formula is C15H16Br2N2O. The maximum atomic E-state index is 5.31. The summed E-state index contributed by atoms with van der Waals surface area (Å²) in [6.45, 7) is 0. The van der Waals surface area contributed by atoms with E-state index >= 15 is 0 Å². The summed E-state index contributed by atoms with van der Waals surface area (Å²) >= 11 is 7.06. The number of likely N-dealkylation sites (N-methyl/N-ethyl adjacent to an activating group) is 1. The zero-order chi connectivity index (χ0) is 14.5. The standard InChI is InChI=1S/C15H16Br2N2O/c1-18-15(6-10-5-11(16)9-19-8-10)13-7-12(20-2)3-4-14(13)17/h3-5,7-9,15,18H,6H2,1-2H3. The average molecular weight is 400 g/mol. The van der Waals surface area contributed by atoms with Crippen LogP contribution in [0.2, 0.25) is 0 Å². The van der Waals surface area contributed by atoms with E-state index in [1.165, 1.54) is 11.1 Å². The lowest BCUT2D eigenvalue weighted by atomic mass is 10.00. The van der Waals surface area contributed by atoms with E-state index in [0.29, 0.717) is 0 Å². The number of hydrogen-bond donors (Lipinski definition) is 1. The van der Waals surface area contributed by atoms with Crippen molar-refractivity contribution >= 4 is 31.9 Å². The van der Waals surface area contributed by atoms with E-state index in [9.17, 15) is 0 Å². The van der Waals surface area contributed by atoms with Gasteiger partial charge in [0.15, 0.2) is 0 Å². The number of methoxy groups -OCH3 is 1. The fourth-order valence-electron chi connectivity index (χ4n) is 2.09. The molecule has 0 saturated heterocycles. The van der Waals surface area contributed by atoms with Gasteiger partial charge in [-0.25, -0.2) is 0 Å². The third-order valence-electron chi connectivity index (χ3n) is 3.13. The van der Waals surface area contributed by atoms with E-state index in [4.69, 9.17) is 4.74 Å². The van der Waals surface area contributed by atoms with Gasteiger partial charge in [0.1, 0.15) is 5.75 Å². The molecule has 0 radical (unpaired) electrons. The molecule has 0 spiro atoms. The average Bonchev–Trinajstić information content (AvgIpc) is 2.46. The van der Waals surface area contributed by atoms with Crippen molar-refractivity contribution in [3.05, 3.63) is 56.7 Å². The molecule has 0 fully saturated rings. The Labute approximate surface area is 136 Å². The van der Waals surface area contributed by atoms with E-state index in [1.54, 1.807) is 13.3 Å². The van der Waals surface area contributed by atoms with Crippen LogP contribution in [0.5, 0.6) is 5.75 Å². The summed E-state index contributed by atoms with van der Waals surface area (Å²) in [4.78, 5) is 4.21. The van der Waals surface area contributed by atoms with Gasteiger partial charge in [-0.15, -0.1) is 0 Å². The van der Waals surface area contributed by atoms with Crippen molar-refractivity contribution in [2.24, 2.45) is 0 Å². The highest BCUT2D eigenvalue weighted by Gasteiger charge is 2.14. The normalized spacial score (nSPS) is 12.2. The van der Waals surface area contributed by atoms with E-state index in [2.05, 4.69) is 54.3 Å². The SMILES string of the molecule is CNC(Cc1cncc(Br)c1)c1cc(OC)ccc1Br. The van der Waals surface area contributed by atoms with E-state index < -0.39 is 0 Å². The Morgan fingerprint density at radius 1 is 1.25 bits per heavy atom. The van der Waals surface area contributed by atoms with Crippen molar-refractivity contribution in [1.29, 1.82) is 0 Å². The Bertz CT molecular complexity index is 590. The van der Waals surface area contributed by atoms with Crippen LogP contribution in [0.4, 0.5) is 0 Å². The number of rotatable bonds is 5. The minimum Gasteiger partial charge on any atom is -0.497 e. The highest BCUT2D eigenvalue weighted by Crippen LogP contribution is 2.29. The molecular weight excluding hydrogens is 384 g/mol. The molecule has 5 heteroatoms. The third-order valence-corrected chi connectivity index (χ3v) is 4.28. The van der Waals surface area contributed by atoms with Crippen molar-refractivity contribution in [1.82, 2.24) is 10.3 Å². The van der Waals surface area contributed by atoms with E-state index in [1.807, 2.05) is 25.4 Å². The van der Waals surface area contributed by atoms with Gasteiger partial charge in [-0.05, 0) is 64.8 Å². The molecule has 20 heavy (non-hydrogen) atoms. The van der Waals surface area contributed by atoms with E-state index in [0.717, 1.165) is 21.1 Å². The fraction of sp³-hybridized carbons (Fsp3) is 0.267. The molecule has 1 aromatic carbocycles. The van der Waals surface area contributed by atoms with Crippen molar-refractivity contribution in [3.63, 3.8) is 0 Å². The number of nitrogens with zero attached hydrogens (tertiary/aromatic N) is 1. The van der Waals surface area contributed by atoms with Gasteiger partial charge in [-0.3, -0.25) is 4.98 Å². The Kier molecular flexibility index (Phi) is 5.57. The van der Waals surface area contributed by atoms with Crippen LogP contribution >= 0.6 is 31.9 Å². The summed E-state index contributed by atoms with van der Waals surface area (Å²) in [6, 6.07) is 8.29. The molecule has 1 atom stereocenters. The van der Waals surface area contributed by atoms with Crippen LogP contribution in [0, 0.1) is 0 Å². The molecule has 1 unspecified atom stereocenters. The lowest BCUT2D eigenvalue weighted by molar-refractivity contribution is 0.413. The van der Waals surface area contributed by atoms with Crippen LogP contribution in [0.1, 0.15) is 17.2 Å². The van der Waals surface area contributed by atoms with Crippen LogP contribution in [0.25, 0.3) is 0 Å². The van der Waals surface area contributed by atoms with Gasteiger partial charge >= 0.3 is 0 Å². The van der Waals surface area contributed by atoms with Gasteiger partial charge in [0.25, 0.3) is 0 Å². The number of pyridine rings is 1. The van der Waals surface area contributed by atoms with Crippen molar-refractivity contribution < 1.29 is 4.74 Å². The summed E-state index contributed by atoms with van der Waals surface area (Å²) in [6.07, 6.45) is 4.54. The second-order valence-electron chi connectivity index (χ2n) is 4.44. The van der Waals surface area contributed by atoms with Crippen LogP contribution in [-0.4, -0.2) is 19.1 Å². The summed E-state index contributed by atoms with van der Waals surface area (Å²) in [5.41, 5.74) is 2.35. The molecule has 0 aliphatic carbocycles. The summed E-state index contributed by atoms with van der Waals surface area (Å²) < 4.78 is 7.37. The Morgan fingerprint density at radius 2 is 2.05 bits per heavy atom. The van der Waals surface area contributed by atoms with Gasteiger partial charge in [0.05, 0.1) is 7.11 Å². The van der Waals surface area contributed by atoms with Crippen molar-refractivity contribution in [2.75, 3.05) is 14.2 Å². The first kappa shape index (κ1) is 15.5. The van der Waals surface area contributed by atoms with Crippen molar-refractivity contribution in [2.45, 2.75) is 12.5 Å². The fourth-order valence-corrected chi connectivity index (χ4v) is 3.02. The van der Waals surface area contributed by atoms with Gasteiger partial charge in [0, 0.05) is 27.4 Å². The quantitative estimate of drug-likeness (QED) is 0.821. The monoisotopic (exact) mass is 398 g/mol. The zero-order valence-corrected chi connectivity index (χ0v) is 14.5. The lowest BCUT2D eigenvalue weighted by Gasteiger charge is -2.19. The van der Waals surface area contributed by atoms with Crippen LogP contribution in [-0.2, 0) is 6.42 Å². The van der Waals surface area contributed by atoms with E-state index in [-0.39, 0.29) is 6.04 Å². The minimum absolute atomic E-state index is 0.190. The number of hydrogen-bond acceptors (Lipinski definition) is 3. The number of benzene rings is 1. The second-order valence-corrected chi connectivity index (χ2v) is 6.21. The molecule has 1 aromatic heterocycles. The molecule has 0 aliphatic heterocycles. The molecule has 0 aliphatic rings. The third kappa shape index (κ3) is 3.81. The predicted molar refractivity (Wildman–Crippen MR) is 88.1 cm³/mol. The molecule has 1 N–H and O–H groups in total. The molecule has 2 rings (SSSR count). The number of nitrogens with one attached hydrogen (secondary N) is 1. The number of ether oxygens (including phenoxy) is 1. The second kappa shape index (κ2) is 7.20. The Hall–Kier alpha value is -0.910. The Balaban J connectivity index is 2.28. The topological polar surface area (TPSA) is 34.2 Å². The lowest BCUT2D eigenvalue weighted by Crippen LogP contribution is -2.19. The minimum atomic E-state index is 0.190. The summed E-state index contributed by atoms with van der Waals surface area (Å²) in [7, 11) is 3.64. The Morgan fingerprint density at radius 3 is 2.70 bits per heavy atom. The first-order valence-electron chi connectivity index (χ1n) is 6.24. The summed E-state index contributed by atoms with van der Waals surface area (Å²) in [5, 5.41) is 3.35. The zero-order valence-electron chi connectivity index (χ0n) is 11.4. The maximum absolute atomic E-state index is 5.31.